The topological polar surface area (TPSA) is 64.0 Å². The Balaban J connectivity index is 2.46. The molecule has 0 fully saturated rings. The van der Waals surface area contributed by atoms with Gasteiger partial charge in [-0.3, -0.25) is 0 Å². The van der Waals surface area contributed by atoms with Crippen LogP contribution in [-0.2, 0) is 22.4 Å². The van der Waals surface area contributed by atoms with Gasteiger partial charge in [0.2, 0.25) is 10.0 Å². The van der Waals surface area contributed by atoms with Crippen molar-refractivity contribution in [3.63, 3.8) is 0 Å². The van der Waals surface area contributed by atoms with Crippen LogP contribution in [0, 0.1) is 5.82 Å². The minimum Gasteiger partial charge on any atom is -0.325 e. The van der Waals surface area contributed by atoms with Crippen molar-refractivity contribution in [3.8, 4) is 0 Å². The van der Waals surface area contributed by atoms with Crippen LogP contribution in [0.3, 0.4) is 0 Å². The van der Waals surface area contributed by atoms with E-state index in [0.717, 1.165) is 11.8 Å². The van der Waals surface area contributed by atoms with E-state index < -0.39 is 15.6 Å². The Morgan fingerprint density at radius 1 is 1.43 bits per heavy atom. The Kier molecular flexibility index (Phi) is 4.28. The normalized spacial score (nSPS) is 13.0. The number of nitrogens with one attached hydrogen (secondary N) is 1. The molecule has 0 bridgehead atoms. The van der Waals surface area contributed by atoms with Crippen molar-refractivity contribution in [1.82, 2.24) is 14.3 Å². The summed E-state index contributed by atoms with van der Waals surface area (Å²) in [4.78, 5) is 4.29. The molecule has 2 rings (SSSR count). The van der Waals surface area contributed by atoms with Gasteiger partial charge in [-0.2, -0.15) is 0 Å². The van der Waals surface area contributed by atoms with Crippen LogP contribution < -0.4 is 4.72 Å². The Morgan fingerprint density at radius 3 is 2.67 bits per heavy atom. The minimum atomic E-state index is -3.34. The number of imidazole rings is 1. The van der Waals surface area contributed by atoms with E-state index in [1.165, 1.54) is 12.1 Å². The third kappa shape index (κ3) is 3.93. The molecule has 0 unspecified atom stereocenters. The van der Waals surface area contributed by atoms with Gasteiger partial charge in [0.05, 0.1) is 23.2 Å². The summed E-state index contributed by atoms with van der Waals surface area (Å²) in [6.07, 6.45) is 1.11. The lowest BCUT2D eigenvalue weighted by Gasteiger charge is -2.26. The molecule has 1 aromatic heterocycles. The molecular weight excluding hydrogens is 317 g/mol. The first-order valence-corrected chi connectivity index (χ1v) is 8.73. The van der Waals surface area contributed by atoms with Crippen LogP contribution in [0.25, 0.3) is 11.0 Å². The molecule has 0 spiro atoms. The van der Waals surface area contributed by atoms with Crippen LogP contribution in [0.2, 0.25) is 0 Å². The van der Waals surface area contributed by atoms with Crippen LogP contribution in [0.15, 0.2) is 18.2 Å². The maximum absolute atomic E-state index is 13.3. The molecule has 0 saturated heterocycles. The lowest BCUT2D eigenvalue weighted by molar-refractivity contribution is 0.392. The molecule has 1 N–H and O–H groups in total. The minimum absolute atomic E-state index is 0.158. The monoisotopic (exact) mass is 333 g/mol. The quantitative estimate of drug-likeness (QED) is 0.853. The Bertz CT molecular complexity index is 771. The number of alkyl halides is 1. The largest absolute Gasteiger partial charge is 0.325 e. The molecule has 0 saturated carbocycles. The number of sulfonamides is 1. The average Bonchev–Trinajstić information content (AvgIpc) is 2.62. The molecule has 2 aromatic rings. The van der Waals surface area contributed by atoms with Crippen molar-refractivity contribution < 1.29 is 12.8 Å². The number of nitrogens with zero attached hydrogens (tertiary/aromatic N) is 2. The number of rotatable bonds is 5. The second-order valence-electron chi connectivity index (χ2n) is 5.64. The molecule has 0 amide bonds. The molecule has 116 valence electrons. The fraction of sp³-hybridized carbons (Fsp3) is 0.462. The van der Waals surface area contributed by atoms with Crippen molar-refractivity contribution >= 4 is 32.7 Å². The Hall–Kier alpha value is -1.18. The summed E-state index contributed by atoms with van der Waals surface area (Å²) >= 11 is 5.89. The Morgan fingerprint density at radius 2 is 2.10 bits per heavy atom. The predicted octanol–water partition coefficient (Wildman–Crippen LogP) is 2.24. The molecule has 8 heteroatoms. The van der Waals surface area contributed by atoms with Gasteiger partial charge in [-0.05, 0) is 26.0 Å². The first-order chi connectivity index (χ1) is 9.61. The molecule has 0 aliphatic heterocycles. The third-order valence-corrected chi connectivity index (χ3v) is 4.09. The van der Waals surface area contributed by atoms with E-state index in [4.69, 9.17) is 11.6 Å². The van der Waals surface area contributed by atoms with Crippen LogP contribution in [-0.4, -0.2) is 29.8 Å². The maximum atomic E-state index is 13.3. The number of benzene rings is 1. The van der Waals surface area contributed by atoms with Crippen molar-refractivity contribution in [2.45, 2.75) is 31.8 Å². The number of hydrogen-bond acceptors (Lipinski definition) is 3. The van der Waals surface area contributed by atoms with E-state index in [1.54, 1.807) is 24.5 Å². The Labute approximate surface area is 128 Å². The molecular formula is C13H17ClFN3O2S. The molecule has 0 aliphatic rings. The average molecular weight is 334 g/mol. The summed E-state index contributed by atoms with van der Waals surface area (Å²) in [5, 5.41) is 0. The first kappa shape index (κ1) is 16.2. The maximum Gasteiger partial charge on any atom is 0.209 e. The SMILES string of the molecule is CC(C)(Cn1c(CCl)nc2cc(F)ccc21)NS(C)(=O)=O. The van der Waals surface area contributed by atoms with Gasteiger partial charge in [0.15, 0.2) is 0 Å². The van der Waals surface area contributed by atoms with Crippen molar-refractivity contribution in [3.05, 3.63) is 29.8 Å². The number of hydrogen-bond donors (Lipinski definition) is 1. The summed E-state index contributed by atoms with van der Waals surface area (Å²) in [6, 6.07) is 4.29. The lowest BCUT2D eigenvalue weighted by atomic mass is 10.1. The smallest absolute Gasteiger partial charge is 0.209 e. The van der Waals surface area contributed by atoms with E-state index in [1.807, 2.05) is 0 Å². The molecule has 0 radical (unpaired) electrons. The number of fused-ring (bicyclic) bond motifs is 1. The highest BCUT2D eigenvalue weighted by atomic mass is 35.5. The molecule has 0 aliphatic carbocycles. The zero-order chi connectivity index (χ0) is 15.8. The van der Waals surface area contributed by atoms with Gasteiger partial charge in [-0.25, -0.2) is 22.5 Å². The molecule has 21 heavy (non-hydrogen) atoms. The fourth-order valence-electron chi connectivity index (χ4n) is 2.36. The standard InChI is InChI=1S/C13H17ClFN3O2S/c1-13(2,17-21(3,19)20)8-18-11-5-4-9(15)6-10(11)16-12(18)7-14/h4-6,17H,7-8H2,1-3H3. The van der Waals surface area contributed by atoms with Gasteiger partial charge in [-0.15, -0.1) is 11.6 Å². The van der Waals surface area contributed by atoms with Gasteiger partial charge in [0, 0.05) is 18.2 Å². The lowest BCUT2D eigenvalue weighted by Crippen LogP contribution is -2.46. The van der Waals surface area contributed by atoms with E-state index in [-0.39, 0.29) is 11.7 Å². The van der Waals surface area contributed by atoms with Crippen molar-refractivity contribution in [2.24, 2.45) is 0 Å². The van der Waals surface area contributed by atoms with Gasteiger partial charge < -0.3 is 4.57 Å². The zero-order valence-corrected chi connectivity index (χ0v) is 13.6. The summed E-state index contributed by atoms with van der Waals surface area (Å²) in [6.45, 7) is 3.87. The number of aromatic nitrogens is 2. The van der Waals surface area contributed by atoms with Gasteiger partial charge >= 0.3 is 0 Å². The first-order valence-electron chi connectivity index (χ1n) is 6.31. The second kappa shape index (κ2) is 5.55. The number of halogens is 2. The van der Waals surface area contributed by atoms with Crippen molar-refractivity contribution in [2.75, 3.05) is 6.26 Å². The van der Waals surface area contributed by atoms with E-state index >= 15 is 0 Å². The summed E-state index contributed by atoms with van der Waals surface area (Å²) < 4.78 is 40.5. The van der Waals surface area contributed by atoms with Crippen LogP contribution in [0.1, 0.15) is 19.7 Å². The van der Waals surface area contributed by atoms with Crippen LogP contribution in [0.4, 0.5) is 4.39 Å². The highest BCUT2D eigenvalue weighted by Crippen LogP contribution is 2.21. The van der Waals surface area contributed by atoms with E-state index in [0.29, 0.717) is 17.9 Å². The summed E-state index contributed by atoms with van der Waals surface area (Å²) in [5.41, 5.74) is 0.493. The van der Waals surface area contributed by atoms with Crippen LogP contribution in [0.5, 0.6) is 0 Å². The zero-order valence-electron chi connectivity index (χ0n) is 12.0. The molecule has 5 nitrogen and oxygen atoms in total. The highest BCUT2D eigenvalue weighted by Gasteiger charge is 2.25. The predicted molar refractivity (Wildman–Crippen MR) is 81.3 cm³/mol. The summed E-state index contributed by atoms with van der Waals surface area (Å²) in [5.74, 6) is 0.355. The van der Waals surface area contributed by atoms with Crippen LogP contribution >= 0.6 is 11.6 Å². The van der Waals surface area contributed by atoms with E-state index in [9.17, 15) is 12.8 Å². The summed E-state index contributed by atoms with van der Waals surface area (Å²) in [7, 11) is -3.34. The van der Waals surface area contributed by atoms with Gasteiger partial charge in [0.25, 0.3) is 0 Å². The molecule has 0 atom stereocenters. The van der Waals surface area contributed by atoms with Gasteiger partial charge in [0.1, 0.15) is 11.6 Å². The molecule has 1 aromatic carbocycles. The third-order valence-electron chi connectivity index (χ3n) is 2.92. The van der Waals surface area contributed by atoms with E-state index in [2.05, 4.69) is 9.71 Å². The van der Waals surface area contributed by atoms with Crippen molar-refractivity contribution in [1.29, 1.82) is 0 Å². The second-order valence-corrected chi connectivity index (χ2v) is 7.65. The fourth-order valence-corrected chi connectivity index (χ4v) is 3.63. The highest BCUT2D eigenvalue weighted by molar-refractivity contribution is 7.88. The van der Waals surface area contributed by atoms with Gasteiger partial charge in [-0.1, -0.05) is 0 Å². The molecule has 1 heterocycles.